The van der Waals surface area contributed by atoms with Crippen LogP contribution < -0.4 is 10.6 Å². The number of benzene rings is 3. The Hall–Kier alpha value is -2.65. The number of unbranched alkanes of at least 4 members (excludes halogenated alkanes) is 2. The van der Waals surface area contributed by atoms with Crippen molar-refractivity contribution in [3.8, 4) is 0 Å². The van der Waals surface area contributed by atoms with Crippen molar-refractivity contribution in [3.63, 3.8) is 0 Å². The molecular weight excluding hydrogens is 360 g/mol. The fraction of sp³-hybridized carbons (Fsp3) is 0.240. The molecule has 0 aliphatic carbocycles. The topological polar surface area (TPSA) is 24.1 Å². The third kappa shape index (κ3) is 4.60. The molecule has 0 saturated heterocycles. The number of nitrogens with one attached hydrogen (secondary N) is 2. The van der Waals surface area contributed by atoms with Gasteiger partial charge < -0.3 is 10.6 Å². The van der Waals surface area contributed by atoms with Crippen molar-refractivity contribution in [2.24, 2.45) is 0 Å². The van der Waals surface area contributed by atoms with Crippen LogP contribution >= 0.6 is 12.2 Å². The summed E-state index contributed by atoms with van der Waals surface area (Å²) in [6.45, 7) is 3.09. The summed E-state index contributed by atoms with van der Waals surface area (Å²) < 4.78 is 0. The molecule has 0 amide bonds. The smallest absolute Gasteiger partial charge is 0.167 e. The average molecular weight is 389 g/mol. The van der Waals surface area contributed by atoms with Crippen LogP contribution in [0.15, 0.2) is 91.0 Å². The predicted octanol–water partition coefficient (Wildman–Crippen LogP) is 5.63. The average Bonchev–Trinajstić information content (AvgIpc) is 2.77. The minimum atomic E-state index is -0.557. The Morgan fingerprint density at radius 1 is 0.714 bits per heavy atom. The summed E-state index contributed by atoms with van der Waals surface area (Å²) in [6.07, 6.45) is 3.52. The molecule has 0 heterocycles. The molecular formula is C25H28N2S. The molecule has 0 atom stereocenters. The van der Waals surface area contributed by atoms with E-state index in [0.717, 1.165) is 29.7 Å². The maximum absolute atomic E-state index is 5.73. The van der Waals surface area contributed by atoms with E-state index in [1.165, 1.54) is 12.8 Å². The van der Waals surface area contributed by atoms with Gasteiger partial charge in [0.1, 0.15) is 5.54 Å². The molecule has 0 aliphatic rings. The van der Waals surface area contributed by atoms with Gasteiger partial charge in [0.15, 0.2) is 5.11 Å². The molecule has 2 nitrogen and oxygen atoms in total. The second-order valence-electron chi connectivity index (χ2n) is 6.94. The molecule has 0 aliphatic heterocycles. The molecule has 3 aromatic carbocycles. The quantitative estimate of drug-likeness (QED) is 0.297. The first-order chi connectivity index (χ1) is 13.8. The van der Waals surface area contributed by atoms with Crippen LogP contribution in [-0.2, 0) is 5.54 Å². The molecule has 28 heavy (non-hydrogen) atoms. The van der Waals surface area contributed by atoms with Crippen molar-refractivity contribution in [2.75, 3.05) is 6.54 Å². The van der Waals surface area contributed by atoms with Gasteiger partial charge in [0.25, 0.3) is 0 Å². The van der Waals surface area contributed by atoms with E-state index in [9.17, 15) is 0 Å². The highest BCUT2D eigenvalue weighted by Gasteiger charge is 2.36. The molecule has 0 bridgehead atoms. The molecule has 0 saturated carbocycles. The van der Waals surface area contributed by atoms with E-state index >= 15 is 0 Å². The Kier molecular flexibility index (Phi) is 7.21. The van der Waals surface area contributed by atoms with Gasteiger partial charge in [0, 0.05) is 6.54 Å². The van der Waals surface area contributed by atoms with Crippen molar-refractivity contribution in [3.05, 3.63) is 108 Å². The second-order valence-corrected chi connectivity index (χ2v) is 7.34. The van der Waals surface area contributed by atoms with E-state index in [0.29, 0.717) is 5.11 Å². The third-order valence-corrected chi connectivity index (χ3v) is 5.23. The molecule has 3 aromatic rings. The first-order valence-electron chi connectivity index (χ1n) is 10.00. The lowest BCUT2D eigenvalue weighted by atomic mass is 9.77. The van der Waals surface area contributed by atoms with Crippen LogP contribution in [-0.4, -0.2) is 11.7 Å². The van der Waals surface area contributed by atoms with Gasteiger partial charge in [-0.25, -0.2) is 0 Å². The molecule has 3 heteroatoms. The first kappa shape index (κ1) is 20.1. The lowest BCUT2D eigenvalue weighted by Crippen LogP contribution is -2.51. The monoisotopic (exact) mass is 388 g/mol. The summed E-state index contributed by atoms with van der Waals surface area (Å²) >= 11 is 5.73. The van der Waals surface area contributed by atoms with Crippen LogP contribution in [0.1, 0.15) is 42.9 Å². The van der Waals surface area contributed by atoms with Gasteiger partial charge in [-0.05, 0) is 35.3 Å². The van der Waals surface area contributed by atoms with Crippen molar-refractivity contribution in [2.45, 2.75) is 31.7 Å². The highest BCUT2D eigenvalue weighted by molar-refractivity contribution is 7.80. The van der Waals surface area contributed by atoms with Crippen LogP contribution in [0.5, 0.6) is 0 Å². The molecule has 0 unspecified atom stereocenters. The summed E-state index contributed by atoms with van der Waals surface area (Å²) in [4.78, 5) is 0. The lowest BCUT2D eigenvalue weighted by molar-refractivity contribution is 0.564. The van der Waals surface area contributed by atoms with Crippen LogP contribution in [0, 0.1) is 0 Å². The van der Waals surface area contributed by atoms with Crippen molar-refractivity contribution < 1.29 is 0 Å². The van der Waals surface area contributed by atoms with Crippen LogP contribution in [0.25, 0.3) is 0 Å². The Morgan fingerprint density at radius 2 is 1.14 bits per heavy atom. The van der Waals surface area contributed by atoms with E-state index in [4.69, 9.17) is 12.2 Å². The fourth-order valence-electron chi connectivity index (χ4n) is 3.57. The van der Waals surface area contributed by atoms with E-state index in [1.807, 2.05) is 18.2 Å². The fourth-order valence-corrected chi connectivity index (χ4v) is 3.83. The number of rotatable bonds is 8. The van der Waals surface area contributed by atoms with Crippen molar-refractivity contribution in [1.82, 2.24) is 10.6 Å². The van der Waals surface area contributed by atoms with Gasteiger partial charge in [-0.1, -0.05) is 111 Å². The number of hydrogen-bond donors (Lipinski definition) is 2. The maximum atomic E-state index is 5.73. The number of hydrogen-bond acceptors (Lipinski definition) is 1. The maximum Gasteiger partial charge on any atom is 0.167 e. The third-order valence-electron chi connectivity index (χ3n) is 4.99. The Balaban J connectivity index is 2.05. The van der Waals surface area contributed by atoms with Crippen molar-refractivity contribution >= 4 is 17.3 Å². The normalized spacial score (nSPS) is 11.0. The molecule has 3 rings (SSSR count). The predicted molar refractivity (Wildman–Crippen MR) is 122 cm³/mol. The van der Waals surface area contributed by atoms with Crippen LogP contribution in [0.2, 0.25) is 0 Å². The second kappa shape index (κ2) is 10.0. The van der Waals surface area contributed by atoms with E-state index in [2.05, 4.69) is 90.4 Å². The SMILES string of the molecule is CCCCCNC(=S)NC(c1ccccc1)(c1ccccc1)c1ccccc1. The zero-order chi connectivity index (χ0) is 19.7. The Morgan fingerprint density at radius 3 is 1.54 bits per heavy atom. The largest absolute Gasteiger partial charge is 0.363 e. The highest BCUT2D eigenvalue weighted by Crippen LogP contribution is 2.36. The highest BCUT2D eigenvalue weighted by atomic mass is 32.1. The Labute approximate surface area is 174 Å². The van der Waals surface area contributed by atoms with E-state index in [-0.39, 0.29) is 0 Å². The minimum absolute atomic E-state index is 0.557. The minimum Gasteiger partial charge on any atom is -0.363 e. The van der Waals surface area contributed by atoms with Gasteiger partial charge in [0.2, 0.25) is 0 Å². The molecule has 144 valence electrons. The zero-order valence-electron chi connectivity index (χ0n) is 16.4. The van der Waals surface area contributed by atoms with E-state index in [1.54, 1.807) is 0 Å². The molecule has 2 N–H and O–H groups in total. The van der Waals surface area contributed by atoms with Gasteiger partial charge in [-0.2, -0.15) is 0 Å². The van der Waals surface area contributed by atoms with Gasteiger partial charge in [-0.15, -0.1) is 0 Å². The molecule has 0 radical (unpaired) electrons. The summed E-state index contributed by atoms with van der Waals surface area (Å²) in [7, 11) is 0. The van der Waals surface area contributed by atoms with Gasteiger partial charge in [-0.3, -0.25) is 0 Å². The standard InChI is InChI=1S/C25H28N2S/c1-2-3-13-20-26-24(28)27-25(21-14-7-4-8-15-21,22-16-9-5-10-17-22)23-18-11-6-12-19-23/h4-12,14-19H,2-3,13,20H2,1H3,(H2,26,27,28). The van der Waals surface area contributed by atoms with Crippen molar-refractivity contribution in [1.29, 1.82) is 0 Å². The summed E-state index contributed by atoms with van der Waals surface area (Å²) in [6, 6.07) is 31.6. The number of thiocarbonyl (C=S) groups is 1. The first-order valence-corrected chi connectivity index (χ1v) is 10.4. The summed E-state index contributed by atoms with van der Waals surface area (Å²) in [5.41, 5.74) is 2.92. The molecule has 0 spiro atoms. The van der Waals surface area contributed by atoms with Crippen LogP contribution in [0.4, 0.5) is 0 Å². The van der Waals surface area contributed by atoms with Gasteiger partial charge in [0.05, 0.1) is 0 Å². The summed E-state index contributed by atoms with van der Waals surface area (Å²) in [5, 5.41) is 7.75. The zero-order valence-corrected chi connectivity index (χ0v) is 17.2. The summed E-state index contributed by atoms with van der Waals surface area (Å²) in [5.74, 6) is 0. The van der Waals surface area contributed by atoms with Crippen LogP contribution in [0.3, 0.4) is 0 Å². The van der Waals surface area contributed by atoms with E-state index < -0.39 is 5.54 Å². The van der Waals surface area contributed by atoms with Gasteiger partial charge >= 0.3 is 0 Å². The lowest BCUT2D eigenvalue weighted by Gasteiger charge is -2.38. The molecule has 0 fully saturated rings. The Bertz CT molecular complexity index is 751. The molecule has 0 aromatic heterocycles.